The van der Waals surface area contributed by atoms with Gasteiger partial charge in [0.05, 0.1) is 13.5 Å². The number of nitrogens with one attached hydrogen (secondary N) is 2. The molecule has 172 valence electrons. The number of phenols is 1. The minimum atomic E-state index is -0.124. The summed E-state index contributed by atoms with van der Waals surface area (Å²) in [5.74, 6) is 0.675. The molecule has 7 heteroatoms. The van der Waals surface area contributed by atoms with Gasteiger partial charge in [-0.3, -0.25) is 9.59 Å². The van der Waals surface area contributed by atoms with Crippen LogP contribution in [0.1, 0.15) is 38.3 Å². The molecular weight excluding hydrogens is 406 g/mol. The number of aryl methyl sites for hydroxylation is 1. The molecule has 0 saturated carbocycles. The highest BCUT2D eigenvalue weighted by atomic mass is 16.5. The summed E-state index contributed by atoms with van der Waals surface area (Å²) >= 11 is 0. The van der Waals surface area contributed by atoms with Gasteiger partial charge in [0, 0.05) is 31.3 Å². The Morgan fingerprint density at radius 3 is 2.12 bits per heavy atom. The van der Waals surface area contributed by atoms with Crippen LogP contribution in [0.25, 0.3) is 0 Å². The van der Waals surface area contributed by atoms with Gasteiger partial charge in [-0.2, -0.15) is 0 Å². The number of aromatic hydroxyl groups is 1. The maximum absolute atomic E-state index is 11.9. The number of phenolic OH excluding ortho intramolecular Hbond substituents is 1. The first-order chi connectivity index (χ1) is 15.2. The molecule has 2 aromatic carbocycles. The van der Waals surface area contributed by atoms with Gasteiger partial charge in [0.25, 0.3) is 0 Å². The Labute approximate surface area is 190 Å². The zero-order valence-electron chi connectivity index (χ0n) is 19.3. The average Bonchev–Trinajstić information content (AvgIpc) is 2.75. The summed E-state index contributed by atoms with van der Waals surface area (Å²) in [6, 6.07) is 14.4. The fourth-order valence-corrected chi connectivity index (χ4v) is 2.61. The molecule has 0 aliphatic heterocycles. The molecule has 3 N–H and O–H groups in total. The van der Waals surface area contributed by atoms with E-state index in [0.717, 1.165) is 12.0 Å². The fourth-order valence-electron chi connectivity index (χ4n) is 2.61. The Kier molecular flexibility index (Phi) is 11.9. The number of methoxy groups -OCH3 is 1. The third-order valence-corrected chi connectivity index (χ3v) is 4.20. The van der Waals surface area contributed by atoms with Crippen molar-refractivity contribution >= 4 is 23.4 Å². The second-order valence-electron chi connectivity index (χ2n) is 7.12. The van der Waals surface area contributed by atoms with Gasteiger partial charge in [-0.15, -0.1) is 0 Å². The molecule has 0 atom stereocenters. The van der Waals surface area contributed by atoms with E-state index in [4.69, 9.17) is 9.84 Å². The van der Waals surface area contributed by atoms with E-state index >= 15 is 0 Å². The second kappa shape index (κ2) is 14.4. The third-order valence-electron chi connectivity index (χ3n) is 4.20. The molecule has 32 heavy (non-hydrogen) atoms. The van der Waals surface area contributed by atoms with Crippen LogP contribution in [0, 0.1) is 0 Å². The number of benzene rings is 2. The van der Waals surface area contributed by atoms with E-state index in [1.807, 2.05) is 24.3 Å². The van der Waals surface area contributed by atoms with Crippen LogP contribution in [0.5, 0.6) is 5.75 Å². The van der Waals surface area contributed by atoms with Gasteiger partial charge >= 0.3 is 0 Å². The van der Waals surface area contributed by atoms with Crippen molar-refractivity contribution in [3.63, 3.8) is 0 Å². The van der Waals surface area contributed by atoms with Crippen LogP contribution in [0.3, 0.4) is 0 Å². The minimum absolute atomic E-state index is 0.0805. The van der Waals surface area contributed by atoms with E-state index in [-0.39, 0.29) is 18.2 Å². The van der Waals surface area contributed by atoms with Crippen molar-refractivity contribution < 1.29 is 19.4 Å². The number of carbonyl (C=O) groups excluding carboxylic acids is 2. The third kappa shape index (κ3) is 11.5. The monoisotopic (exact) mass is 439 g/mol. The number of nitrogens with zero attached hydrogens (tertiary/aromatic N) is 1. The van der Waals surface area contributed by atoms with Gasteiger partial charge in [0.2, 0.25) is 11.8 Å². The summed E-state index contributed by atoms with van der Waals surface area (Å²) in [7, 11) is 1.54. The average molecular weight is 440 g/mol. The molecule has 0 aliphatic rings. The molecule has 0 radical (unpaired) electrons. The normalized spacial score (nSPS) is 10.4. The number of hydrogen-bond donors (Lipinski definition) is 3. The van der Waals surface area contributed by atoms with E-state index in [1.165, 1.54) is 12.5 Å². The highest BCUT2D eigenvalue weighted by molar-refractivity contribution is 5.88. The minimum Gasteiger partial charge on any atom is -0.508 e. The van der Waals surface area contributed by atoms with Crippen molar-refractivity contribution in [1.29, 1.82) is 0 Å². The van der Waals surface area contributed by atoms with Gasteiger partial charge < -0.3 is 20.5 Å². The predicted molar refractivity (Wildman–Crippen MR) is 129 cm³/mol. The number of allylic oxidation sites excluding steroid dienone is 1. The SMILES string of the molecule is C=C(C)N=C(CCNC(=O)Cc1ccc(NC(C)=O)cc1)OC.CCc1ccc(O)cc1. The molecule has 0 spiro atoms. The summed E-state index contributed by atoms with van der Waals surface area (Å²) in [6.07, 6.45) is 1.82. The maximum atomic E-state index is 11.9. The number of anilines is 1. The van der Waals surface area contributed by atoms with Gasteiger partial charge in [0.1, 0.15) is 5.75 Å². The largest absolute Gasteiger partial charge is 0.508 e. The summed E-state index contributed by atoms with van der Waals surface area (Å²) in [4.78, 5) is 27.0. The topological polar surface area (TPSA) is 100 Å². The molecular formula is C25H33N3O4. The second-order valence-corrected chi connectivity index (χ2v) is 7.12. The molecule has 0 unspecified atom stereocenters. The van der Waals surface area contributed by atoms with Crippen LogP contribution < -0.4 is 10.6 Å². The van der Waals surface area contributed by atoms with E-state index in [0.29, 0.717) is 36.0 Å². The summed E-state index contributed by atoms with van der Waals surface area (Å²) in [5, 5.41) is 14.3. The van der Waals surface area contributed by atoms with Crippen molar-refractivity contribution in [2.75, 3.05) is 19.0 Å². The van der Waals surface area contributed by atoms with Gasteiger partial charge in [-0.25, -0.2) is 4.99 Å². The summed E-state index contributed by atoms with van der Waals surface area (Å²) < 4.78 is 5.11. The highest BCUT2D eigenvalue weighted by Gasteiger charge is 2.05. The number of rotatable bonds is 8. The molecule has 0 heterocycles. The first kappa shape index (κ1) is 26.4. The van der Waals surface area contributed by atoms with Crippen molar-refractivity contribution in [2.24, 2.45) is 4.99 Å². The maximum Gasteiger partial charge on any atom is 0.224 e. The number of carbonyl (C=O) groups is 2. The smallest absolute Gasteiger partial charge is 0.224 e. The molecule has 0 aromatic heterocycles. The zero-order valence-corrected chi connectivity index (χ0v) is 19.3. The lowest BCUT2D eigenvalue weighted by Crippen LogP contribution is -2.27. The van der Waals surface area contributed by atoms with E-state index in [2.05, 4.69) is 29.1 Å². The van der Waals surface area contributed by atoms with Crippen LogP contribution in [-0.2, 0) is 27.2 Å². The van der Waals surface area contributed by atoms with Crippen molar-refractivity contribution in [1.82, 2.24) is 5.32 Å². The summed E-state index contributed by atoms with van der Waals surface area (Å²) in [5.41, 5.74) is 3.50. The predicted octanol–water partition coefficient (Wildman–Crippen LogP) is 4.23. The van der Waals surface area contributed by atoms with Crippen LogP contribution in [-0.4, -0.2) is 36.5 Å². The summed E-state index contributed by atoms with van der Waals surface area (Å²) in [6.45, 7) is 9.45. The molecule has 0 fully saturated rings. The van der Waals surface area contributed by atoms with Gasteiger partial charge in [-0.1, -0.05) is 37.8 Å². The lowest BCUT2D eigenvalue weighted by atomic mass is 10.1. The Hall–Kier alpha value is -3.61. The van der Waals surface area contributed by atoms with Gasteiger partial charge in [-0.05, 0) is 48.7 Å². The van der Waals surface area contributed by atoms with E-state index in [9.17, 15) is 9.59 Å². The van der Waals surface area contributed by atoms with Crippen LogP contribution in [0.15, 0.2) is 65.8 Å². The molecule has 0 saturated heterocycles. The van der Waals surface area contributed by atoms with Crippen LogP contribution in [0.4, 0.5) is 5.69 Å². The lowest BCUT2D eigenvalue weighted by Gasteiger charge is -2.08. The molecule has 0 aliphatic carbocycles. The zero-order chi connectivity index (χ0) is 23.9. The van der Waals surface area contributed by atoms with Crippen molar-refractivity contribution in [3.05, 3.63) is 71.9 Å². The van der Waals surface area contributed by atoms with E-state index in [1.54, 1.807) is 38.3 Å². The van der Waals surface area contributed by atoms with Crippen LogP contribution >= 0.6 is 0 Å². The van der Waals surface area contributed by atoms with Crippen LogP contribution in [0.2, 0.25) is 0 Å². The van der Waals surface area contributed by atoms with Crippen molar-refractivity contribution in [3.8, 4) is 5.75 Å². The molecule has 2 amide bonds. The fraction of sp³-hybridized carbons (Fsp3) is 0.320. The first-order valence-corrected chi connectivity index (χ1v) is 10.4. The molecule has 2 rings (SSSR count). The Morgan fingerprint density at radius 2 is 1.62 bits per heavy atom. The van der Waals surface area contributed by atoms with E-state index < -0.39 is 0 Å². The quantitative estimate of drug-likeness (QED) is 0.423. The highest BCUT2D eigenvalue weighted by Crippen LogP contribution is 2.10. The number of ether oxygens (including phenoxy) is 1. The lowest BCUT2D eigenvalue weighted by molar-refractivity contribution is -0.120. The number of amides is 2. The Balaban J connectivity index is 0.000000471. The molecule has 0 bridgehead atoms. The van der Waals surface area contributed by atoms with Gasteiger partial charge in [0.15, 0.2) is 5.90 Å². The Morgan fingerprint density at radius 1 is 1.03 bits per heavy atom. The number of hydrogen-bond acceptors (Lipinski definition) is 5. The first-order valence-electron chi connectivity index (χ1n) is 10.4. The number of aliphatic imine (C=N–C) groups is 1. The molecule has 2 aromatic rings. The van der Waals surface area contributed by atoms with Crippen molar-refractivity contribution in [2.45, 2.75) is 40.0 Å². The standard InChI is InChI=1S/C17H23N3O3.C8H10O/c1-12(2)19-17(23-4)9-10-18-16(22)11-14-5-7-15(8-6-14)20-13(3)21;1-2-7-3-5-8(9)6-4-7/h5-8H,1,9-11H2,2-4H3,(H,18,22)(H,20,21);3-6,9H,2H2,1H3. The molecule has 7 nitrogen and oxygen atoms in total. The Bertz CT molecular complexity index is 904.